The molecule has 4 nitrogen and oxygen atoms in total. The number of hydrogen-bond donors (Lipinski definition) is 0. The molecule has 0 aliphatic rings. The maximum absolute atomic E-state index is 11.8. The molecule has 6 heteroatoms. The van der Waals surface area contributed by atoms with Gasteiger partial charge in [0.05, 0.1) is 6.54 Å². The van der Waals surface area contributed by atoms with Crippen LogP contribution in [0.2, 0.25) is 10.0 Å². The maximum atomic E-state index is 11.8. The first kappa shape index (κ1) is 14.0. The molecule has 0 fully saturated rings. The molecule has 0 N–H and O–H groups in total. The maximum Gasteiger partial charge on any atom is 0.195 e. The van der Waals surface area contributed by atoms with Crippen LogP contribution in [0.4, 0.5) is 0 Å². The summed E-state index contributed by atoms with van der Waals surface area (Å²) in [7, 11) is 0. The Hall–Kier alpha value is -1.91. The molecule has 0 radical (unpaired) electrons. The quantitative estimate of drug-likeness (QED) is 0.686. The molecular formula is C15H11Cl2N3O. The Morgan fingerprint density at radius 1 is 1.29 bits per heavy atom. The number of fused-ring (bicyclic) bond motifs is 1. The van der Waals surface area contributed by atoms with Gasteiger partial charge in [-0.2, -0.15) is 0 Å². The second kappa shape index (κ2) is 5.47. The Labute approximate surface area is 131 Å². The summed E-state index contributed by atoms with van der Waals surface area (Å²) in [6.07, 6.45) is 1.67. The number of benzene rings is 1. The molecule has 21 heavy (non-hydrogen) atoms. The van der Waals surface area contributed by atoms with Gasteiger partial charge in [-0.05, 0) is 35.9 Å². The van der Waals surface area contributed by atoms with E-state index in [-0.39, 0.29) is 5.78 Å². The molecule has 0 aliphatic heterocycles. The smallest absolute Gasteiger partial charge is 0.195 e. The van der Waals surface area contributed by atoms with E-state index in [0.717, 1.165) is 5.56 Å². The van der Waals surface area contributed by atoms with Gasteiger partial charge in [0.15, 0.2) is 17.3 Å². The SMILES string of the molecule is CC(=O)c1nc2cccnc2n1Cc1cc(Cl)ccc1Cl. The van der Waals surface area contributed by atoms with Gasteiger partial charge in [-0.1, -0.05) is 23.2 Å². The molecule has 0 spiro atoms. The van der Waals surface area contributed by atoms with Crippen molar-refractivity contribution in [3.8, 4) is 0 Å². The number of carbonyl (C=O) groups is 1. The molecule has 0 amide bonds. The number of nitrogens with zero attached hydrogens (tertiary/aromatic N) is 3. The minimum Gasteiger partial charge on any atom is -0.302 e. The van der Waals surface area contributed by atoms with Crippen LogP contribution in [0.15, 0.2) is 36.5 Å². The first-order valence-corrected chi connectivity index (χ1v) is 7.08. The third-order valence-corrected chi connectivity index (χ3v) is 3.76. The Morgan fingerprint density at radius 3 is 2.86 bits per heavy atom. The van der Waals surface area contributed by atoms with Crippen LogP contribution < -0.4 is 0 Å². The van der Waals surface area contributed by atoms with Gasteiger partial charge in [-0.3, -0.25) is 4.79 Å². The van der Waals surface area contributed by atoms with Crippen molar-refractivity contribution in [1.82, 2.24) is 14.5 Å². The number of carbonyl (C=O) groups excluding carboxylic acids is 1. The number of pyridine rings is 1. The fourth-order valence-corrected chi connectivity index (χ4v) is 2.58. The van der Waals surface area contributed by atoms with Gasteiger partial charge in [-0.25, -0.2) is 9.97 Å². The second-order valence-corrected chi connectivity index (χ2v) is 5.50. The Kier molecular flexibility index (Phi) is 3.66. The molecule has 2 heterocycles. The summed E-state index contributed by atoms with van der Waals surface area (Å²) in [5.41, 5.74) is 2.15. The first-order chi connectivity index (χ1) is 10.1. The molecule has 3 rings (SSSR count). The molecule has 106 valence electrons. The molecule has 2 aromatic heterocycles. The van der Waals surface area contributed by atoms with Crippen molar-refractivity contribution in [3.63, 3.8) is 0 Å². The summed E-state index contributed by atoms with van der Waals surface area (Å²) in [6.45, 7) is 1.87. The summed E-state index contributed by atoms with van der Waals surface area (Å²) in [5.74, 6) is 0.242. The van der Waals surface area contributed by atoms with E-state index >= 15 is 0 Å². The van der Waals surface area contributed by atoms with Crippen LogP contribution in [0.5, 0.6) is 0 Å². The van der Waals surface area contributed by atoms with Gasteiger partial charge in [-0.15, -0.1) is 0 Å². The van der Waals surface area contributed by atoms with Crippen LogP contribution in [0.25, 0.3) is 11.2 Å². The largest absolute Gasteiger partial charge is 0.302 e. The molecule has 0 aliphatic carbocycles. The lowest BCUT2D eigenvalue weighted by molar-refractivity contribution is 0.100. The molecule has 0 saturated heterocycles. The first-order valence-electron chi connectivity index (χ1n) is 6.32. The summed E-state index contributed by atoms with van der Waals surface area (Å²) in [6, 6.07) is 8.85. The van der Waals surface area contributed by atoms with E-state index in [2.05, 4.69) is 9.97 Å². The van der Waals surface area contributed by atoms with E-state index in [0.29, 0.717) is 33.6 Å². The molecule has 0 unspecified atom stereocenters. The van der Waals surface area contributed by atoms with E-state index < -0.39 is 0 Å². The van der Waals surface area contributed by atoms with Gasteiger partial charge in [0.25, 0.3) is 0 Å². The summed E-state index contributed by atoms with van der Waals surface area (Å²) in [5, 5.41) is 1.18. The van der Waals surface area contributed by atoms with Crippen molar-refractivity contribution in [1.29, 1.82) is 0 Å². The summed E-state index contributed by atoms with van der Waals surface area (Å²) >= 11 is 12.2. The highest BCUT2D eigenvalue weighted by atomic mass is 35.5. The van der Waals surface area contributed by atoms with Gasteiger partial charge >= 0.3 is 0 Å². The van der Waals surface area contributed by atoms with Crippen LogP contribution >= 0.6 is 23.2 Å². The Bertz CT molecular complexity index is 842. The number of hydrogen-bond acceptors (Lipinski definition) is 3. The van der Waals surface area contributed by atoms with Crippen LogP contribution in [-0.2, 0) is 6.54 Å². The van der Waals surface area contributed by atoms with Gasteiger partial charge in [0.2, 0.25) is 0 Å². The Balaban J connectivity index is 2.17. The molecule has 3 aromatic rings. The molecule has 0 saturated carbocycles. The van der Waals surface area contributed by atoms with Gasteiger partial charge in [0.1, 0.15) is 5.52 Å². The van der Waals surface area contributed by atoms with Crippen LogP contribution in [0, 0.1) is 0 Å². The number of ketones is 1. The highest BCUT2D eigenvalue weighted by Gasteiger charge is 2.16. The molecule has 0 atom stereocenters. The monoisotopic (exact) mass is 319 g/mol. The molecule has 1 aromatic carbocycles. The van der Waals surface area contributed by atoms with Crippen LogP contribution in [0.3, 0.4) is 0 Å². The minimum atomic E-state index is -0.119. The molecule has 0 bridgehead atoms. The number of Topliss-reactive ketones (excluding diaryl/α,β-unsaturated/α-hetero) is 1. The third-order valence-electron chi connectivity index (χ3n) is 3.15. The number of aromatic nitrogens is 3. The topological polar surface area (TPSA) is 47.8 Å². The van der Waals surface area contributed by atoms with E-state index in [1.165, 1.54) is 6.92 Å². The van der Waals surface area contributed by atoms with Crippen LogP contribution in [0.1, 0.15) is 23.1 Å². The number of rotatable bonds is 3. The lowest BCUT2D eigenvalue weighted by atomic mass is 10.2. The normalized spacial score (nSPS) is 11.0. The van der Waals surface area contributed by atoms with Crippen molar-refractivity contribution < 1.29 is 4.79 Å². The van der Waals surface area contributed by atoms with E-state index in [1.54, 1.807) is 35.0 Å². The fourth-order valence-electron chi connectivity index (χ4n) is 2.21. The predicted molar refractivity (Wildman–Crippen MR) is 83.1 cm³/mol. The lowest BCUT2D eigenvalue weighted by Gasteiger charge is -2.09. The highest BCUT2D eigenvalue weighted by molar-refractivity contribution is 6.33. The standard InChI is InChI=1S/C15H11Cl2N3O/c1-9(21)14-19-13-3-2-6-18-15(13)20(14)8-10-7-11(16)4-5-12(10)17/h2-7H,8H2,1H3. The zero-order valence-electron chi connectivity index (χ0n) is 11.2. The van der Waals surface area contributed by atoms with E-state index in [4.69, 9.17) is 23.2 Å². The summed E-state index contributed by atoms with van der Waals surface area (Å²) < 4.78 is 1.76. The summed E-state index contributed by atoms with van der Waals surface area (Å²) in [4.78, 5) is 20.4. The third kappa shape index (κ3) is 2.64. The van der Waals surface area contributed by atoms with Crippen molar-refractivity contribution >= 4 is 40.1 Å². The second-order valence-electron chi connectivity index (χ2n) is 4.66. The Morgan fingerprint density at radius 2 is 2.10 bits per heavy atom. The zero-order chi connectivity index (χ0) is 15.0. The van der Waals surface area contributed by atoms with E-state index in [9.17, 15) is 4.79 Å². The van der Waals surface area contributed by atoms with Crippen molar-refractivity contribution in [2.75, 3.05) is 0 Å². The van der Waals surface area contributed by atoms with Crippen molar-refractivity contribution in [2.45, 2.75) is 13.5 Å². The fraction of sp³-hybridized carbons (Fsp3) is 0.133. The molecular weight excluding hydrogens is 309 g/mol. The number of imidazole rings is 1. The number of halogens is 2. The highest BCUT2D eigenvalue weighted by Crippen LogP contribution is 2.24. The van der Waals surface area contributed by atoms with Gasteiger partial charge in [0, 0.05) is 23.2 Å². The van der Waals surface area contributed by atoms with Crippen LogP contribution in [-0.4, -0.2) is 20.3 Å². The minimum absolute atomic E-state index is 0.119. The lowest BCUT2D eigenvalue weighted by Crippen LogP contribution is -2.09. The average molecular weight is 320 g/mol. The predicted octanol–water partition coefficient (Wildman–Crippen LogP) is 3.99. The zero-order valence-corrected chi connectivity index (χ0v) is 12.7. The van der Waals surface area contributed by atoms with Gasteiger partial charge < -0.3 is 4.57 Å². The van der Waals surface area contributed by atoms with Crippen molar-refractivity contribution in [3.05, 3.63) is 58.0 Å². The average Bonchev–Trinajstić information content (AvgIpc) is 2.82. The van der Waals surface area contributed by atoms with E-state index in [1.807, 2.05) is 6.07 Å². The van der Waals surface area contributed by atoms with Crippen molar-refractivity contribution in [2.24, 2.45) is 0 Å².